The number of fused-ring (bicyclic) bond motifs is 1. The lowest BCUT2D eigenvalue weighted by molar-refractivity contribution is 0.0520. The van der Waals surface area contributed by atoms with Crippen LogP contribution in [0.2, 0.25) is 0 Å². The Morgan fingerprint density at radius 1 is 1.62 bits per heavy atom. The molecule has 0 aromatic carbocycles. The van der Waals surface area contributed by atoms with Crippen molar-refractivity contribution in [1.82, 2.24) is 14.4 Å². The van der Waals surface area contributed by atoms with Crippen molar-refractivity contribution in [2.45, 2.75) is 6.92 Å². The van der Waals surface area contributed by atoms with Gasteiger partial charge in [-0.1, -0.05) is 6.58 Å². The van der Waals surface area contributed by atoms with Gasteiger partial charge < -0.3 is 9.14 Å². The average Bonchev–Trinajstić information content (AvgIpc) is 2.71. The van der Waals surface area contributed by atoms with Gasteiger partial charge in [-0.25, -0.2) is 9.78 Å². The monoisotopic (exact) mass is 217 g/mol. The van der Waals surface area contributed by atoms with Gasteiger partial charge in [-0.15, -0.1) is 0 Å². The first-order valence-corrected chi connectivity index (χ1v) is 4.89. The van der Waals surface area contributed by atoms with E-state index in [4.69, 9.17) is 4.74 Å². The maximum atomic E-state index is 11.4. The summed E-state index contributed by atoms with van der Waals surface area (Å²) in [7, 11) is 0. The molecule has 0 radical (unpaired) electrons. The van der Waals surface area contributed by atoms with Crippen LogP contribution in [0.1, 0.15) is 23.1 Å². The van der Waals surface area contributed by atoms with E-state index in [1.807, 2.05) is 0 Å². The van der Waals surface area contributed by atoms with E-state index in [0.29, 0.717) is 12.3 Å². The zero-order valence-corrected chi connectivity index (χ0v) is 8.88. The average molecular weight is 217 g/mol. The summed E-state index contributed by atoms with van der Waals surface area (Å²) in [5.74, 6) is -0.425. The number of imidazole rings is 1. The third-order valence-electron chi connectivity index (χ3n) is 2.06. The second-order valence-electron chi connectivity index (χ2n) is 3.13. The van der Waals surface area contributed by atoms with Crippen molar-refractivity contribution >= 4 is 17.7 Å². The molecule has 5 heteroatoms. The second-order valence-corrected chi connectivity index (χ2v) is 3.13. The first-order valence-electron chi connectivity index (χ1n) is 4.89. The number of carbonyl (C=O) groups excluding carboxylic acids is 1. The van der Waals surface area contributed by atoms with Gasteiger partial charge in [0.05, 0.1) is 18.5 Å². The van der Waals surface area contributed by atoms with Crippen LogP contribution < -0.4 is 0 Å². The van der Waals surface area contributed by atoms with Gasteiger partial charge in [0.2, 0.25) is 0 Å². The lowest BCUT2D eigenvalue weighted by Gasteiger charge is -1.95. The maximum absolute atomic E-state index is 11.4. The third-order valence-corrected chi connectivity index (χ3v) is 2.06. The minimum Gasteiger partial charge on any atom is -0.461 e. The maximum Gasteiger partial charge on any atom is 0.358 e. The fourth-order valence-electron chi connectivity index (χ4n) is 1.32. The zero-order chi connectivity index (χ0) is 11.5. The molecule has 0 aliphatic heterocycles. The predicted molar refractivity (Wildman–Crippen MR) is 59.0 cm³/mol. The van der Waals surface area contributed by atoms with Crippen LogP contribution in [0.3, 0.4) is 0 Å². The summed E-state index contributed by atoms with van der Waals surface area (Å²) in [4.78, 5) is 19.6. The molecule has 0 amide bonds. The van der Waals surface area contributed by atoms with E-state index in [1.165, 1.54) is 0 Å². The third kappa shape index (κ3) is 1.79. The highest BCUT2D eigenvalue weighted by molar-refractivity contribution is 5.87. The number of hydrogen-bond donors (Lipinski definition) is 0. The van der Waals surface area contributed by atoms with Gasteiger partial charge in [0.1, 0.15) is 0 Å². The molecule has 0 aliphatic rings. The number of rotatable bonds is 3. The topological polar surface area (TPSA) is 56.5 Å². The Labute approximate surface area is 92.4 Å². The first-order chi connectivity index (χ1) is 7.74. The highest BCUT2D eigenvalue weighted by Crippen LogP contribution is 2.07. The minimum absolute atomic E-state index is 0.282. The number of carbonyl (C=O) groups is 1. The summed E-state index contributed by atoms with van der Waals surface area (Å²) in [6, 6.07) is 0. The van der Waals surface area contributed by atoms with Gasteiger partial charge in [0.15, 0.2) is 11.3 Å². The summed E-state index contributed by atoms with van der Waals surface area (Å²) in [5, 5.41) is 0. The lowest BCUT2D eigenvalue weighted by atomic mass is 10.4. The van der Waals surface area contributed by atoms with Gasteiger partial charge in [-0.05, 0) is 13.0 Å². The Hall–Kier alpha value is -2.17. The molecule has 2 aromatic rings. The number of ether oxygens (including phenoxy) is 1. The van der Waals surface area contributed by atoms with E-state index in [0.717, 1.165) is 5.69 Å². The molecule has 0 N–H and O–H groups in total. The smallest absolute Gasteiger partial charge is 0.358 e. The molecule has 0 fully saturated rings. The number of aromatic nitrogens is 3. The molecule has 82 valence electrons. The van der Waals surface area contributed by atoms with Crippen LogP contribution in [-0.4, -0.2) is 26.9 Å². The fraction of sp³-hybridized carbons (Fsp3) is 0.182. The van der Waals surface area contributed by atoms with Crippen molar-refractivity contribution in [3.05, 3.63) is 36.6 Å². The molecule has 2 heterocycles. The molecule has 5 nitrogen and oxygen atoms in total. The van der Waals surface area contributed by atoms with Crippen molar-refractivity contribution in [1.29, 1.82) is 0 Å². The standard InChI is InChI=1S/C11H11N3O2/c1-3-8-6-14-7-9(11(15)16-4-2)13-10(14)5-12-8/h3,5-7H,1,4H2,2H3. The van der Waals surface area contributed by atoms with Gasteiger partial charge in [-0.3, -0.25) is 4.98 Å². The Kier molecular flexibility index (Phi) is 2.68. The van der Waals surface area contributed by atoms with Crippen LogP contribution >= 0.6 is 0 Å². The van der Waals surface area contributed by atoms with E-state index in [1.54, 1.807) is 36.0 Å². The summed E-state index contributed by atoms with van der Waals surface area (Å²) < 4.78 is 6.58. The predicted octanol–water partition coefficient (Wildman–Crippen LogP) is 1.55. The first kappa shape index (κ1) is 10.4. The summed E-state index contributed by atoms with van der Waals surface area (Å²) in [6.45, 7) is 5.71. The Bertz CT molecular complexity index is 545. The number of nitrogens with zero attached hydrogens (tertiary/aromatic N) is 3. The largest absolute Gasteiger partial charge is 0.461 e. The summed E-state index contributed by atoms with van der Waals surface area (Å²) >= 11 is 0. The molecular weight excluding hydrogens is 206 g/mol. The van der Waals surface area contributed by atoms with Gasteiger partial charge in [-0.2, -0.15) is 0 Å². The molecule has 0 spiro atoms. The molecule has 0 aliphatic carbocycles. The molecule has 0 saturated carbocycles. The Morgan fingerprint density at radius 2 is 2.44 bits per heavy atom. The SMILES string of the molecule is C=Cc1cn2cc(C(=O)OCC)nc2cn1. The molecule has 0 bridgehead atoms. The van der Waals surface area contributed by atoms with Crippen molar-refractivity contribution in [2.24, 2.45) is 0 Å². The molecule has 16 heavy (non-hydrogen) atoms. The van der Waals surface area contributed by atoms with Crippen LogP contribution in [-0.2, 0) is 4.74 Å². The lowest BCUT2D eigenvalue weighted by Crippen LogP contribution is -2.04. The normalized spacial score (nSPS) is 10.3. The molecule has 2 aromatic heterocycles. The van der Waals surface area contributed by atoms with Crippen molar-refractivity contribution in [3.63, 3.8) is 0 Å². The van der Waals surface area contributed by atoms with Crippen LogP contribution in [0.25, 0.3) is 11.7 Å². The quantitative estimate of drug-likeness (QED) is 0.732. The highest BCUT2D eigenvalue weighted by atomic mass is 16.5. The van der Waals surface area contributed by atoms with Crippen LogP contribution in [0.5, 0.6) is 0 Å². The Balaban J connectivity index is 2.43. The van der Waals surface area contributed by atoms with Gasteiger partial charge in [0, 0.05) is 12.4 Å². The van der Waals surface area contributed by atoms with Crippen molar-refractivity contribution < 1.29 is 9.53 Å². The Morgan fingerprint density at radius 3 is 3.12 bits per heavy atom. The van der Waals surface area contributed by atoms with E-state index in [-0.39, 0.29) is 5.69 Å². The van der Waals surface area contributed by atoms with E-state index >= 15 is 0 Å². The summed E-state index contributed by atoms with van der Waals surface area (Å²) in [6.07, 6.45) is 6.57. The zero-order valence-electron chi connectivity index (χ0n) is 8.88. The van der Waals surface area contributed by atoms with Gasteiger partial charge in [0.25, 0.3) is 0 Å². The van der Waals surface area contributed by atoms with Crippen molar-refractivity contribution in [2.75, 3.05) is 6.61 Å². The van der Waals surface area contributed by atoms with Crippen LogP contribution in [0, 0.1) is 0 Å². The van der Waals surface area contributed by atoms with Crippen molar-refractivity contribution in [3.8, 4) is 0 Å². The molecular formula is C11H11N3O2. The molecule has 0 atom stereocenters. The van der Waals surface area contributed by atoms with Gasteiger partial charge >= 0.3 is 5.97 Å². The van der Waals surface area contributed by atoms with E-state index < -0.39 is 5.97 Å². The second kappa shape index (κ2) is 4.14. The highest BCUT2D eigenvalue weighted by Gasteiger charge is 2.11. The molecule has 2 rings (SSSR count). The molecule has 0 unspecified atom stereocenters. The number of hydrogen-bond acceptors (Lipinski definition) is 4. The van der Waals surface area contributed by atoms with E-state index in [9.17, 15) is 4.79 Å². The van der Waals surface area contributed by atoms with E-state index in [2.05, 4.69) is 16.5 Å². The van der Waals surface area contributed by atoms with Crippen LogP contribution in [0.15, 0.2) is 25.2 Å². The number of esters is 1. The fourth-order valence-corrected chi connectivity index (χ4v) is 1.32. The molecule has 0 saturated heterocycles. The minimum atomic E-state index is -0.425. The van der Waals surface area contributed by atoms with Crippen LogP contribution in [0.4, 0.5) is 0 Å². The summed E-state index contributed by atoms with van der Waals surface area (Å²) in [5.41, 5.74) is 1.61.